The summed E-state index contributed by atoms with van der Waals surface area (Å²) in [4.78, 5) is 20.9. The molecule has 23 heavy (non-hydrogen) atoms. The number of hydrogen-bond acceptors (Lipinski definition) is 6. The number of aliphatic imine (C=N–C) groups is 1. The summed E-state index contributed by atoms with van der Waals surface area (Å²) in [5.41, 5.74) is 1.10. The molecule has 0 spiro atoms. The summed E-state index contributed by atoms with van der Waals surface area (Å²) in [6.45, 7) is 0. The van der Waals surface area contributed by atoms with Gasteiger partial charge in [0, 0.05) is 6.20 Å². The Bertz CT molecular complexity index is 913. The van der Waals surface area contributed by atoms with Crippen LogP contribution in [0.1, 0.15) is 0 Å². The molecule has 3 rings (SSSR count). The molecule has 6 nitrogen and oxygen atoms in total. The second-order valence-corrected chi connectivity index (χ2v) is 4.38. The highest BCUT2D eigenvalue weighted by Gasteiger charge is 2.00. The first kappa shape index (κ1) is 14.5. The van der Waals surface area contributed by atoms with Gasteiger partial charge < -0.3 is 4.74 Å². The number of aromatic nitrogens is 2. The lowest BCUT2D eigenvalue weighted by atomic mass is 10.3. The van der Waals surface area contributed by atoms with E-state index in [1.54, 1.807) is 30.8 Å². The Morgan fingerprint density at radius 2 is 1.87 bits per heavy atom. The van der Waals surface area contributed by atoms with E-state index in [9.17, 15) is 0 Å². The number of para-hydroxylation sites is 2. The van der Waals surface area contributed by atoms with Gasteiger partial charge in [-0.3, -0.25) is 0 Å². The van der Waals surface area contributed by atoms with Gasteiger partial charge in [-0.05, 0) is 24.3 Å². The predicted molar refractivity (Wildman–Crippen MR) is 87.0 cm³/mol. The predicted octanol–water partition coefficient (Wildman–Crippen LogP) is 2.05. The van der Waals surface area contributed by atoms with Crippen LogP contribution in [0.15, 0.2) is 88.5 Å². The summed E-state index contributed by atoms with van der Waals surface area (Å²) < 4.78 is 5.62. The third-order valence-corrected chi connectivity index (χ3v) is 2.81. The highest BCUT2D eigenvalue weighted by Crippen LogP contribution is 2.26. The molecular formula is C17H13N5O. The first-order chi connectivity index (χ1) is 11.4. The van der Waals surface area contributed by atoms with Crippen LogP contribution < -0.4 is 15.6 Å². The SMILES string of the molecule is C1=N\C=C/C=C\C=C/Oc2ccccc2N=c2ncncc2=N1. The van der Waals surface area contributed by atoms with Crippen LogP contribution in [0.3, 0.4) is 0 Å². The summed E-state index contributed by atoms with van der Waals surface area (Å²) in [5, 5.41) is 0.528. The Hall–Kier alpha value is -3.41. The molecule has 0 bridgehead atoms. The molecule has 0 amide bonds. The quantitative estimate of drug-likeness (QED) is 0.747. The van der Waals surface area contributed by atoms with E-state index in [2.05, 4.69) is 24.9 Å². The molecule has 1 aliphatic heterocycles. The molecule has 1 aliphatic rings. The second kappa shape index (κ2) is 7.56. The van der Waals surface area contributed by atoms with E-state index < -0.39 is 0 Å². The molecule has 0 unspecified atom stereocenters. The van der Waals surface area contributed by atoms with Gasteiger partial charge in [-0.1, -0.05) is 24.3 Å². The Labute approximate surface area is 132 Å². The van der Waals surface area contributed by atoms with Crippen LogP contribution in [0, 0.1) is 0 Å². The Morgan fingerprint density at radius 1 is 0.957 bits per heavy atom. The smallest absolute Gasteiger partial charge is 0.181 e. The van der Waals surface area contributed by atoms with Crippen LogP contribution in [0.2, 0.25) is 0 Å². The van der Waals surface area contributed by atoms with Gasteiger partial charge in [0.1, 0.15) is 23.7 Å². The van der Waals surface area contributed by atoms with Crippen LogP contribution in [0.5, 0.6) is 5.75 Å². The lowest BCUT2D eigenvalue weighted by Gasteiger charge is -2.03. The Morgan fingerprint density at radius 3 is 2.87 bits per heavy atom. The molecule has 1 aromatic carbocycles. The lowest BCUT2D eigenvalue weighted by molar-refractivity contribution is 0.482. The van der Waals surface area contributed by atoms with Crippen LogP contribution in [-0.2, 0) is 0 Å². The zero-order chi connectivity index (χ0) is 15.7. The minimum absolute atomic E-state index is 0.448. The van der Waals surface area contributed by atoms with Crippen molar-refractivity contribution in [3.63, 3.8) is 0 Å². The van der Waals surface area contributed by atoms with Gasteiger partial charge in [0.05, 0.1) is 12.5 Å². The zero-order valence-corrected chi connectivity index (χ0v) is 12.1. The first-order valence-electron chi connectivity index (χ1n) is 6.92. The minimum atomic E-state index is 0.448. The monoisotopic (exact) mass is 303 g/mol. The van der Waals surface area contributed by atoms with Gasteiger partial charge in [0.2, 0.25) is 0 Å². The van der Waals surface area contributed by atoms with Crippen molar-refractivity contribution in [1.82, 2.24) is 9.97 Å². The fourth-order valence-electron chi connectivity index (χ4n) is 1.78. The van der Waals surface area contributed by atoms with Gasteiger partial charge in [-0.15, -0.1) is 0 Å². The maximum Gasteiger partial charge on any atom is 0.181 e. The van der Waals surface area contributed by atoms with Crippen LogP contribution in [-0.4, -0.2) is 16.3 Å². The normalized spacial score (nSPS) is 17.7. The molecule has 2 aromatic rings. The minimum Gasteiger partial charge on any atom is -0.463 e. The zero-order valence-electron chi connectivity index (χ0n) is 12.1. The van der Waals surface area contributed by atoms with Crippen LogP contribution >= 0.6 is 0 Å². The average molecular weight is 303 g/mol. The van der Waals surface area contributed by atoms with Crippen molar-refractivity contribution < 1.29 is 4.74 Å². The molecule has 0 saturated carbocycles. The van der Waals surface area contributed by atoms with Crippen molar-refractivity contribution in [2.45, 2.75) is 0 Å². The summed E-state index contributed by atoms with van der Waals surface area (Å²) in [6, 6.07) is 7.45. The summed E-state index contributed by atoms with van der Waals surface area (Å²) in [6.07, 6.45) is 14.9. The van der Waals surface area contributed by atoms with E-state index in [0.717, 1.165) is 0 Å². The largest absolute Gasteiger partial charge is 0.463 e. The third kappa shape index (κ3) is 4.04. The van der Waals surface area contributed by atoms with E-state index in [4.69, 9.17) is 4.74 Å². The topological polar surface area (TPSA) is 72.1 Å². The van der Waals surface area contributed by atoms with Crippen molar-refractivity contribution in [3.8, 4) is 5.75 Å². The standard InChI is InChI=1S/C17H13N5O/c1-2-6-10-23-16-8-4-3-7-14(16)22-17-15(11-19-13-21-17)20-12-18-9-5-1/h1-13H/b2-1-,9-5-,10-6-,18-12?,20-15?,22-17?. The van der Waals surface area contributed by atoms with Gasteiger partial charge in [0.25, 0.3) is 0 Å². The molecular weight excluding hydrogens is 290 g/mol. The number of ether oxygens (including phenoxy) is 1. The summed E-state index contributed by atoms with van der Waals surface area (Å²) in [7, 11) is 0. The number of rotatable bonds is 0. The Kier molecular flexibility index (Phi) is 4.77. The lowest BCUT2D eigenvalue weighted by Crippen LogP contribution is -2.29. The molecule has 0 N–H and O–H groups in total. The van der Waals surface area contributed by atoms with E-state index >= 15 is 0 Å². The van der Waals surface area contributed by atoms with Crippen molar-refractivity contribution in [2.24, 2.45) is 15.0 Å². The van der Waals surface area contributed by atoms with E-state index in [0.29, 0.717) is 22.3 Å². The van der Waals surface area contributed by atoms with Crippen molar-refractivity contribution >= 4 is 12.0 Å². The Balaban J connectivity index is 2.18. The molecule has 0 atom stereocenters. The average Bonchev–Trinajstić information content (AvgIpc) is 2.59. The molecule has 1 aromatic heterocycles. The number of hydrogen-bond donors (Lipinski definition) is 0. The summed E-state index contributed by atoms with van der Waals surface area (Å²) in [5.74, 6) is 0.626. The van der Waals surface area contributed by atoms with E-state index in [-0.39, 0.29) is 0 Å². The summed E-state index contributed by atoms with van der Waals surface area (Å²) >= 11 is 0. The third-order valence-electron chi connectivity index (χ3n) is 2.81. The fourth-order valence-corrected chi connectivity index (χ4v) is 1.78. The molecule has 0 fully saturated rings. The molecule has 2 heterocycles. The maximum absolute atomic E-state index is 5.62. The maximum atomic E-state index is 5.62. The van der Waals surface area contributed by atoms with E-state index in [1.165, 1.54) is 12.7 Å². The second-order valence-electron chi connectivity index (χ2n) is 4.38. The van der Waals surface area contributed by atoms with Crippen molar-refractivity contribution in [1.29, 1.82) is 0 Å². The highest BCUT2D eigenvalue weighted by atomic mass is 16.5. The molecule has 0 radical (unpaired) electrons. The van der Waals surface area contributed by atoms with Crippen molar-refractivity contribution in [3.05, 3.63) is 84.4 Å². The number of benzene rings is 1. The van der Waals surface area contributed by atoms with Gasteiger partial charge in [-0.25, -0.2) is 24.9 Å². The van der Waals surface area contributed by atoms with Gasteiger partial charge >= 0.3 is 0 Å². The first-order valence-corrected chi connectivity index (χ1v) is 6.92. The van der Waals surface area contributed by atoms with Crippen LogP contribution in [0.25, 0.3) is 0 Å². The molecule has 0 aliphatic carbocycles. The van der Waals surface area contributed by atoms with Gasteiger partial charge in [-0.2, -0.15) is 0 Å². The van der Waals surface area contributed by atoms with Crippen LogP contribution in [0.4, 0.5) is 5.69 Å². The number of fused-ring (bicyclic) bond motifs is 2. The highest BCUT2D eigenvalue weighted by molar-refractivity contribution is 5.56. The molecule has 0 saturated heterocycles. The molecule has 6 heteroatoms. The number of allylic oxidation sites excluding steroid dienone is 4. The fraction of sp³-hybridized carbons (Fsp3) is 0. The van der Waals surface area contributed by atoms with Gasteiger partial charge in [0.15, 0.2) is 11.2 Å². The molecule has 112 valence electrons. The van der Waals surface area contributed by atoms with Crippen molar-refractivity contribution in [2.75, 3.05) is 0 Å². The number of nitrogens with zero attached hydrogens (tertiary/aromatic N) is 5. The van der Waals surface area contributed by atoms with E-state index in [1.807, 2.05) is 36.4 Å².